The van der Waals surface area contributed by atoms with Crippen molar-refractivity contribution in [3.63, 3.8) is 0 Å². The Labute approximate surface area is 85.4 Å². The number of benzene rings is 1. The van der Waals surface area contributed by atoms with Crippen LogP contribution in [0.4, 0.5) is 0 Å². The summed E-state index contributed by atoms with van der Waals surface area (Å²) in [5, 5.41) is 0. The summed E-state index contributed by atoms with van der Waals surface area (Å²) in [4.78, 5) is 0. The lowest BCUT2D eigenvalue weighted by Gasteiger charge is -2.08. The van der Waals surface area contributed by atoms with Gasteiger partial charge in [-0.25, -0.2) is 0 Å². The minimum absolute atomic E-state index is 0.625. The van der Waals surface area contributed by atoms with Crippen molar-refractivity contribution in [2.24, 2.45) is 5.84 Å². The van der Waals surface area contributed by atoms with Crippen molar-refractivity contribution in [3.05, 3.63) is 27.3 Å². The molecule has 0 aliphatic rings. The fraction of sp³-hybridized carbons (Fsp3) is 0.250. The summed E-state index contributed by atoms with van der Waals surface area (Å²) in [6, 6.07) is 5.97. The van der Waals surface area contributed by atoms with Gasteiger partial charge in [0, 0.05) is 12.1 Å². The second-order valence-electron chi connectivity index (χ2n) is 2.31. The molecule has 1 rings (SSSR count). The first kappa shape index (κ1) is 9.76. The van der Waals surface area contributed by atoms with E-state index in [0.717, 1.165) is 14.9 Å². The van der Waals surface area contributed by atoms with Gasteiger partial charge < -0.3 is 4.74 Å². The molecule has 0 amide bonds. The molecule has 12 heavy (non-hydrogen) atoms. The maximum absolute atomic E-state index is 5.23. The molecule has 1 aromatic rings. The maximum atomic E-state index is 5.23. The van der Waals surface area contributed by atoms with Crippen LogP contribution in [0.5, 0.6) is 5.75 Å². The normalized spacial score (nSPS) is 9.92. The highest BCUT2D eigenvalue weighted by molar-refractivity contribution is 14.1. The second kappa shape index (κ2) is 4.64. The Kier molecular flexibility index (Phi) is 3.77. The van der Waals surface area contributed by atoms with Gasteiger partial charge in [0.05, 0.1) is 10.7 Å². The second-order valence-corrected chi connectivity index (χ2v) is 3.48. The zero-order chi connectivity index (χ0) is 8.97. The molecule has 4 heteroatoms. The average molecular weight is 278 g/mol. The number of halogens is 1. The Bertz CT molecular complexity index is 265. The molecule has 0 aromatic heterocycles. The highest BCUT2D eigenvalue weighted by Gasteiger charge is 2.04. The van der Waals surface area contributed by atoms with Gasteiger partial charge >= 0.3 is 0 Å². The number of hydrazine groups is 1. The summed E-state index contributed by atoms with van der Waals surface area (Å²) in [5.41, 5.74) is 3.68. The number of methoxy groups -OCH3 is 1. The van der Waals surface area contributed by atoms with Crippen molar-refractivity contribution in [2.45, 2.75) is 6.54 Å². The first-order valence-electron chi connectivity index (χ1n) is 3.54. The van der Waals surface area contributed by atoms with Gasteiger partial charge in [0.1, 0.15) is 5.75 Å². The van der Waals surface area contributed by atoms with E-state index in [1.165, 1.54) is 0 Å². The third-order valence-corrected chi connectivity index (χ3v) is 2.39. The molecule has 3 N–H and O–H groups in total. The summed E-state index contributed by atoms with van der Waals surface area (Å²) in [5.74, 6) is 6.13. The highest BCUT2D eigenvalue weighted by Crippen LogP contribution is 2.24. The van der Waals surface area contributed by atoms with E-state index in [0.29, 0.717) is 6.54 Å². The van der Waals surface area contributed by atoms with Gasteiger partial charge in [-0.3, -0.25) is 11.3 Å². The first-order chi connectivity index (χ1) is 5.79. The SMILES string of the molecule is COc1c(I)cccc1CNN. The number of para-hydroxylation sites is 1. The molecular formula is C8H11IN2O. The summed E-state index contributed by atoms with van der Waals surface area (Å²) in [7, 11) is 1.66. The van der Waals surface area contributed by atoms with Crippen molar-refractivity contribution in [1.29, 1.82) is 0 Å². The van der Waals surface area contributed by atoms with Gasteiger partial charge in [-0.1, -0.05) is 12.1 Å². The van der Waals surface area contributed by atoms with E-state index in [1.54, 1.807) is 7.11 Å². The Hall–Kier alpha value is -0.330. The molecule has 0 aliphatic carbocycles. The molecule has 0 fully saturated rings. The van der Waals surface area contributed by atoms with Crippen LogP contribution in [-0.2, 0) is 6.54 Å². The van der Waals surface area contributed by atoms with Crippen molar-refractivity contribution in [2.75, 3.05) is 7.11 Å². The summed E-state index contributed by atoms with van der Waals surface area (Å²) >= 11 is 2.23. The van der Waals surface area contributed by atoms with Crippen LogP contribution in [0.3, 0.4) is 0 Å². The van der Waals surface area contributed by atoms with E-state index in [-0.39, 0.29) is 0 Å². The van der Waals surface area contributed by atoms with Gasteiger partial charge in [0.15, 0.2) is 0 Å². The fourth-order valence-corrected chi connectivity index (χ4v) is 1.81. The number of rotatable bonds is 3. The predicted octanol–water partition coefficient (Wildman–Crippen LogP) is 1.26. The van der Waals surface area contributed by atoms with Crippen LogP contribution in [0.15, 0.2) is 18.2 Å². The van der Waals surface area contributed by atoms with Crippen LogP contribution in [0, 0.1) is 3.57 Å². The third kappa shape index (κ3) is 2.09. The van der Waals surface area contributed by atoms with Gasteiger partial charge in [0.25, 0.3) is 0 Å². The average Bonchev–Trinajstić information content (AvgIpc) is 2.05. The van der Waals surface area contributed by atoms with Gasteiger partial charge in [-0.05, 0) is 28.7 Å². The molecule has 0 unspecified atom stereocenters. The van der Waals surface area contributed by atoms with Gasteiger partial charge in [-0.2, -0.15) is 0 Å². The van der Waals surface area contributed by atoms with Crippen LogP contribution in [0.2, 0.25) is 0 Å². The first-order valence-corrected chi connectivity index (χ1v) is 4.62. The summed E-state index contributed by atoms with van der Waals surface area (Å²) in [6.07, 6.45) is 0. The largest absolute Gasteiger partial charge is 0.495 e. The quantitative estimate of drug-likeness (QED) is 0.497. The lowest BCUT2D eigenvalue weighted by Crippen LogP contribution is -2.21. The van der Waals surface area contributed by atoms with Crippen molar-refractivity contribution >= 4 is 22.6 Å². The van der Waals surface area contributed by atoms with Crippen LogP contribution in [-0.4, -0.2) is 7.11 Å². The number of hydrogen-bond donors (Lipinski definition) is 2. The molecule has 66 valence electrons. The van der Waals surface area contributed by atoms with Gasteiger partial charge in [0.2, 0.25) is 0 Å². The lowest BCUT2D eigenvalue weighted by atomic mass is 10.2. The van der Waals surface area contributed by atoms with Crippen molar-refractivity contribution < 1.29 is 4.74 Å². The van der Waals surface area contributed by atoms with E-state index < -0.39 is 0 Å². The molecule has 0 heterocycles. The Balaban J connectivity index is 3.00. The Morgan fingerprint density at radius 1 is 1.58 bits per heavy atom. The Morgan fingerprint density at radius 3 is 2.92 bits per heavy atom. The van der Waals surface area contributed by atoms with Crippen LogP contribution in [0.1, 0.15) is 5.56 Å². The topological polar surface area (TPSA) is 47.3 Å². The molecule has 0 saturated heterocycles. The number of nitrogens with one attached hydrogen (secondary N) is 1. The predicted molar refractivity (Wildman–Crippen MR) is 56.7 cm³/mol. The van der Waals surface area contributed by atoms with Crippen LogP contribution < -0.4 is 16.0 Å². The minimum atomic E-state index is 0.625. The molecule has 0 saturated carbocycles. The minimum Gasteiger partial charge on any atom is -0.495 e. The number of hydrogen-bond acceptors (Lipinski definition) is 3. The summed E-state index contributed by atoms with van der Waals surface area (Å²) < 4.78 is 6.33. The maximum Gasteiger partial charge on any atom is 0.136 e. The van der Waals surface area contributed by atoms with Crippen LogP contribution >= 0.6 is 22.6 Å². The monoisotopic (exact) mass is 278 g/mol. The molecule has 0 radical (unpaired) electrons. The number of ether oxygens (including phenoxy) is 1. The molecule has 0 bridgehead atoms. The zero-order valence-electron chi connectivity index (χ0n) is 6.80. The molecule has 3 nitrogen and oxygen atoms in total. The highest BCUT2D eigenvalue weighted by atomic mass is 127. The van der Waals surface area contributed by atoms with E-state index in [2.05, 4.69) is 28.0 Å². The Morgan fingerprint density at radius 2 is 2.33 bits per heavy atom. The van der Waals surface area contributed by atoms with Gasteiger partial charge in [-0.15, -0.1) is 0 Å². The molecular weight excluding hydrogens is 267 g/mol. The van der Waals surface area contributed by atoms with Crippen molar-refractivity contribution in [1.82, 2.24) is 5.43 Å². The number of nitrogens with two attached hydrogens (primary N) is 1. The lowest BCUT2D eigenvalue weighted by molar-refractivity contribution is 0.405. The zero-order valence-corrected chi connectivity index (χ0v) is 8.96. The van der Waals surface area contributed by atoms with E-state index >= 15 is 0 Å². The molecule has 0 atom stereocenters. The molecule has 0 spiro atoms. The third-order valence-electron chi connectivity index (χ3n) is 1.55. The smallest absolute Gasteiger partial charge is 0.136 e. The fourth-order valence-electron chi connectivity index (χ4n) is 1.03. The van der Waals surface area contributed by atoms with Crippen LogP contribution in [0.25, 0.3) is 0 Å². The van der Waals surface area contributed by atoms with Crippen molar-refractivity contribution in [3.8, 4) is 5.75 Å². The standard InChI is InChI=1S/C8H11IN2O/c1-12-8-6(5-11-10)3-2-4-7(8)9/h2-4,11H,5,10H2,1H3. The molecule has 0 aliphatic heterocycles. The molecule has 1 aromatic carbocycles. The van der Waals surface area contributed by atoms with E-state index in [4.69, 9.17) is 10.6 Å². The van der Waals surface area contributed by atoms with E-state index in [9.17, 15) is 0 Å². The van der Waals surface area contributed by atoms with E-state index in [1.807, 2.05) is 18.2 Å². The summed E-state index contributed by atoms with van der Waals surface area (Å²) in [6.45, 7) is 0.625.